The number of benzene rings is 1. The Balaban J connectivity index is 2.05. The molecule has 1 aromatic heterocycles. The highest BCUT2D eigenvalue weighted by molar-refractivity contribution is 6.05. The summed E-state index contributed by atoms with van der Waals surface area (Å²) >= 11 is 0. The summed E-state index contributed by atoms with van der Waals surface area (Å²) in [6.45, 7) is 4.50. The fourth-order valence-electron chi connectivity index (χ4n) is 2.01. The Morgan fingerprint density at radius 3 is 2.43 bits per heavy atom. The number of anilines is 1. The van der Waals surface area contributed by atoms with Gasteiger partial charge in [0.2, 0.25) is 0 Å². The molecule has 2 aromatic rings. The Kier molecular flexibility index (Phi) is 4.95. The lowest BCUT2D eigenvalue weighted by Crippen LogP contribution is -2.30. The molecule has 23 heavy (non-hydrogen) atoms. The van der Waals surface area contributed by atoms with Gasteiger partial charge >= 0.3 is 5.97 Å². The molecule has 0 aliphatic rings. The first kappa shape index (κ1) is 16.5. The molecule has 6 nitrogen and oxygen atoms in total. The normalized spacial score (nSPS) is 11.6. The molecule has 1 N–H and O–H groups in total. The largest absolute Gasteiger partial charge is 0.469 e. The average Bonchev–Trinajstić information content (AvgIpc) is 2.93. The number of Topliss-reactive ketones (excluding diaryl/α,β-unsaturated/α-hetero) is 1. The summed E-state index contributed by atoms with van der Waals surface area (Å²) in [7, 11) is 0. The van der Waals surface area contributed by atoms with E-state index < -0.39 is 18.0 Å². The molecule has 0 aliphatic heterocycles. The van der Waals surface area contributed by atoms with Crippen LogP contribution >= 0.6 is 0 Å². The molecule has 1 heterocycles. The molecule has 0 saturated carbocycles. The van der Waals surface area contributed by atoms with Crippen molar-refractivity contribution in [2.45, 2.75) is 26.9 Å². The van der Waals surface area contributed by atoms with Crippen LogP contribution in [0.1, 0.15) is 40.3 Å². The first-order valence-corrected chi connectivity index (χ1v) is 7.06. The highest BCUT2D eigenvalue weighted by atomic mass is 16.5. The summed E-state index contributed by atoms with van der Waals surface area (Å²) < 4.78 is 10.1. The fraction of sp³-hybridized carbons (Fsp3) is 0.235. The minimum atomic E-state index is -1.02. The van der Waals surface area contributed by atoms with Crippen LogP contribution in [0.25, 0.3) is 0 Å². The van der Waals surface area contributed by atoms with Gasteiger partial charge in [-0.1, -0.05) is 12.1 Å². The second kappa shape index (κ2) is 6.91. The lowest BCUT2D eigenvalue weighted by Gasteiger charge is -2.14. The minimum absolute atomic E-state index is 0.167. The summed E-state index contributed by atoms with van der Waals surface area (Å²) in [4.78, 5) is 35.6. The van der Waals surface area contributed by atoms with Gasteiger partial charge in [-0.15, -0.1) is 0 Å². The maximum Gasteiger partial charge on any atom is 0.342 e. The number of carbonyl (C=O) groups is 3. The SMILES string of the molecule is CC(=O)c1ccccc1NC(=O)[C@H](C)OC(=O)c1ccoc1C. The number of hydrogen-bond acceptors (Lipinski definition) is 5. The molecular weight excluding hydrogens is 298 g/mol. The third kappa shape index (κ3) is 3.85. The topological polar surface area (TPSA) is 85.6 Å². The Labute approximate surface area is 133 Å². The quantitative estimate of drug-likeness (QED) is 0.677. The maximum absolute atomic E-state index is 12.2. The first-order valence-electron chi connectivity index (χ1n) is 7.06. The maximum atomic E-state index is 12.2. The number of carbonyl (C=O) groups excluding carboxylic acids is 3. The van der Waals surface area contributed by atoms with Crippen LogP contribution in [0.4, 0.5) is 5.69 Å². The fourth-order valence-corrected chi connectivity index (χ4v) is 2.01. The predicted molar refractivity (Wildman–Crippen MR) is 83.4 cm³/mol. The van der Waals surface area contributed by atoms with Crippen molar-refractivity contribution in [1.82, 2.24) is 0 Å². The smallest absolute Gasteiger partial charge is 0.342 e. The van der Waals surface area contributed by atoms with Gasteiger partial charge < -0.3 is 14.5 Å². The number of hydrogen-bond donors (Lipinski definition) is 1. The number of furan rings is 1. The van der Waals surface area contributed by atoms with Gasteiger partial charge in [0, 0.05) is 5.56 Å². The van der Waals surface area contributed by atoms with Crippen LogP contribution in [0, 0.1) is 6.92 Å². The predicted octanol–water partition coefficient (Wildman–Crippen LogP) is 2.97. The number of rotatable bonds is 5. The Morgan fingerprint density at radius 1 is 1.13 bits per heavy atom. The summed E-state index contributed by atoms with van der Waals surface area (Å²) in [6.07, 6.45) is 0.358. The third-order valence-corrected chi connectivity index (χ3v) is 3.30. The minimum Gasteiger partial charge on any atom is -0.469 e. The van der Waals surface area contributed by atoms with E-state index in [1.165, 1.54) is 26.2 Å². The number of esters is 1. The van der Waals surface area contributed by atoms with Gasteiger partial charge in [0.15, 0.2) is 11.9 Å². The molecule has 0 radical (unpaired) electrons. The van der Waals surface area contributed by atoms with Crippen molar-refractivity contribution in [1.29, 1.82) is 0 Å². The van der Waals surface area contributed by atoms with Gasteiger partial charge in [-0.05, 0) is 39.0 Å². The number of ketones is 1. The molecule has 120 valence electrons. The average molecular weight is 315 g/mol. The molecule has 1 amide bonds. The molecule has 2 rings (SSSR count). The van der Waals surface area contributed by atoms with E-state index in [1.807, 2.05) is 0 Å². The van der Waals surface area contributed by atoms with Crippen molar-refractivity contribution in [2.24, 2.45) is 0 Å². The molecule has 0 spiro atoms. The van der Waals surface area contributed by atoms with E-state index in [0.717, 1.165) is 0 Å². The Morgan fingerprint density at radius 2 is 1.83 bits per heavy atom. The zero-order valence-electron chi connectivity index (χ0n) is 13.1. The van der Waals surface area contributed by atoms with Crippen LogP contribution in [0.5, 0.6) is 0 Å². The molecule has 0 aliphatic carbocycles. The van der Waals surface area contributed by atoms with Crippen molar-refractivity contribution in [2.75, 3.05) is 5.32 Å². The zero-order chi connectivity index (χ0) is 17.0. The van der Waals surface area contributed by atoms with Gasteiger partial charge in [0.25, 0.3) is 5.91 Å². The van der Waals surface area contributed by atoms with Gasteiger partial charge in [-0.2, -0.15) is 0 Å². The van der Waals surface area contributed by atoms with E-state index in [4.69, 9.17) is 9.15 Å². The molecule has 0 fully saturated rings. The van der Waals surface area contributed by atoms with Crippen molar-refractivity contribution in [3.63, 3.8) is 0 Å². The van der Waals surface area contributed by atoms with E-state index in [1.54, 1.807) is 31.2 Å². The zero-order valence-corrected chi connectivity index (χ0v) is 13.1. The molecule has 0 saturated heterocycles. The van der Waals surface area contributed by atoms with Crippen molar-refractivity contribution in [3.05, 3.63) is 53.5 Å². The second-order valence-electron chi connectivity index (χ2n) is 5.03. The van der Waals surface area contributed by atoms with E-state index in [0.29, 0.717) is 17.0 Å². The van der Waals surface area contributed by atoms with Crippen LogP contribution in [0.3, 0.4) is 0 Å². The van der Waals surface area contributed by atoms with Crippen LogP contribution in [0.15, 0.2) is 41.0 Å². The highest BCUT2D eigenvalue weighted by Gasteiger charge is 2.22. The number of amides is 1. The number of nitrogens with one attached hydrogen (secondary N) is 1. The van der Waals surface area contributed by atoms with Crippen LogP contribution in [-0.2, 0) is 9.53 Å². The van der Waals surface area contributed by atoms with E-state index in [9.17, 15) is 14.4 Å². The van der Waals surface area contributed by atoms with E-state index >= 15 is 0 Å². The van der Waals surface area contributed by atoms with Gasteiger partial charge in [-0.25, -0.2) is 4.79 Å². The second-order valence-corrected chi connectivity index (χ2v) is 5.03. The van der Waals surface area contributed by atoms with Gasteiger partial charge in [-0.3, -0.25) is 9.59 Å². The third-order valence-electron chi connectivity index (χ3n) is 3.30. The van der Waals surface area contributed by atoms with Crippen molar-refractivity contribution >= 4 is 23.3 Å². The lowest BCUT2D eigenvalue weighted by atomic mass is 10.1. The molecule has 0 unspecified atom stereocenters. The van der Waals surface area contributed by atoms with Crippen LogP contribution < -0.4 is 5.32 Å². The van der Waals surface area contributed by atoms with E-state index in [2.05, 4.69) is 5.32 Å². The van der Waals surface area contributed by atoms with E-state index in [-0.39, 0.29) is 11.3 Å². The molecular formula is C17H17NO5. The number of para-hydroxylation sites is 1. The van der Waals surface area contributed by atoms with Crippen molar-refractivity contribution < 1.29 is 23.5 Å². The molecule has 6 heteroatoms. The summed E-state index contributed by atoms with van der Waals surface area (Å²) in [6, 6.07) is 8.12. The van der Waals surface area contributed by atoms with Gasteiger partial charge in [0.1, 0.15) is 11.3 Å². The van der Waals surface area contributed by atoms with Crippen LogP contribution in [-0.4, -0.2) is 23.8 Å². The first-order chi connectivity index (χ1) is 10.9. The van der Waals surface area contributed by atoms with Crippen LogP contribution in [0.2, 0.25) is 0 Å². The molecule has 1 atom stereocenters. The number of aryl methyl sites for hydroxylation is 1. The Bertz CT molecular complexity index is 747. The highest BCUT2D eigenvalue weighted by Crippen LogP contribution is 2.17. The monoisotopic (exact) mass is 315 g/mol. The summed E-state index contributed by atoms with van der Waals surface area (Å²) in [5, 5.41) is 2.60. The van der Waals surface area contributed by atoms with Crippen molar-refractivity contribution in [3.8, 4) is 0 Å². The summed E-state index contributed by atoms with van der Waals surface area (Å²) in [5.74, 6) is -0.906. The molecule has 1 aromatic carbocycles. The number of ether oxygens (including phenoxy) is 1. The lowest BCUT2D eigenvalue weighted by molar-refractivity contribution is -0.123. The molecule has 0 bridgehead atoms. The Hall–Kier alpha value is -2.89. The standard InChI is InChI=1S/C17H17NO5/c1-10(19)13-6-4-5-7-15(13)18-16(20)12(3)23-17(21)14-8-9-22-11(14)2/h4-9,12H,1-3H3,(H,18,20)/t12-/m0/s1. The van der Waals surface area contributed by atoms with Gasteiger partial charge in [0.05, 0.1) is 12.0 Å². The summed E-state index contributed by atoms with van der Waals surface area (Å²) in [5.41, 5.74) is 1.05.